The number of furan rings is 1. The van der Waals surface area contributed by atoms with E-state index in [1.165, 1.54) is 6.92 Å². The van der Waals surface area contributed by atoms with E-state index in [2.05, 4.69) is 0 Å². The summed E-state index contributed by atoms with van der Waals surface area (Å²) >= 11 is 0. The Morgan fingerprint density at radius 3 is 2.48 bits per heavy atom. The first kappa shape index (κ1) is 13.5. The van der Waals surface area contributed by atoms with Gasteiger partial charge in [-0.05, 0) is 37.6 Å². The van der Waals surface area contributed by atoms with Gasteiger partial charge in [0.05, 0.1) is 5.56 Å². The summed E-state index contributed by atoms with van der Waals surface area (Å²) in [6.45, 7) is 3.17. The van der Waals surface area contributed by atoms with E-state index in [-0.39, 0.29) is 16.9 Å². The lowest BCUT2D eigenvalue weighted by atomic mass is 10.0. The molecule has 0 saturated carbocycles. The number of aryl methyl sites for hydroxylation is 2. The van der Waals surface area contributed by atoms with Gasteiger partial charge >= 0.3 is 0 Å². The lowest BCUT2D eigenvalue weighted by Gasteiger charge is -2.03. The number of carbonyl (C=O) groups excluding carboxylic acids is 1. The van der Waals surface area contributed by atoms with Crippen molar-refractivity contribution < 1.29 is 18.0 Å². The first-order valence-electron chi connectivity index (χ1n) is 6.47. The summed E-state index contributed by atoms with van der Waals surface area (Å²) in [6, 6.07) is 9.08. The molecular formula is C17H12F2O2. The maximum absolute atomic E-state index is 13.9. The molecule has 0 unspecified atom stereocenters. The van der Waals surface area contributed by atoms with Crippen molar-refractivity contribution >= 4 is 16.8 Å². The highest BCUT2D eigenvalue weighted by molar-refractivity contribution is 6.10. The Labute approximate surface area is 120 Å². The lowest BCUT2D eigenvalue weighted by Crippen LogP contribution is -2.06. The number of hydrogen-bond acceptors (Lipinski definition) is 2. The first-order chi connectivity index (χ1) is 9.99. The van der Waals surface area contributed by atoms with Gasteiger partial charge in [-0.3, -0.25) is 4.79 Å². The van der Waals surface area contributed by atoms with Gasteiger partial charge in [-0.1, -0.05) is 18.2 Å². The van der Waals surface area contributed by atoms with E-state index in [1.54, 1.807) is 19.1 Å². The third kappa shape index (κ3) is 2.13. The predicted molar refractivity (Wildman–Crippen MR) is 75.5 cm³/mol. The molecule has 21 heavy (non-hydrogen) atoms. The molecule has 0 spiro atoms. The van der Waals surface area contributed by atoms with Gasteiger partial charge in [0, 0.05) is 10.9 Å². The third-order valence-electron chi connectivity index (χ3n) is 3.54. The number of hydrogen-bond donors (Lipinski definition) is 0. The molecule has 1 aromatic heterocycles. The highest BCUT2D eigenvalue weighted by atomic mass is 19.1. The highest BCUT2D eigenvalue weighted by Crippen LogP contribution is 2.28. The molecule has 106 valence electrons. The quantitative estimate of drug-likeness (QED) is 0.646. The molecule has 2 nitrogen and oxygen atoms in total. The van der Waals surface area contributed by atoms with E-state index in [0.717, 1.165) is 17.5 Å². The fraction of sp³-hybridized carbons (Fsp3) is 0.118. The predicted octanol–water partition coefficient (Wildman–Crippen LogP) is 4.56. The number of rotatable bonds is 2. The Morgan fingerprint density at radius 2 is 1.76 bits per heavy atom. The Hall–Kier alpha value is -2.49. The van der Waals surface area contributed by atoms with Crippen LogP contribution in [-0.2, 0) is 0 Å². The van der Waals surface area contributed by atoms with Crippen molar-refractivity contribution in [3.63, 3.8) is 0 Å². The minimum absolute atomic E-state index is 0.0401. The summed E-state index contributed by atoms with van der Waals surface area (Å²) in [5.74, 6) is -1.98. The minimum atomic E-state index is -0.751. The molecule has 0 fully saturated rings. The van der Waals surface area contributed by atoms with Crippen molar-refractivity contribution in [1.29, 1.82) is 0 Å². The lowest BCUT2D eigenvalue weighted by molar-refractivity contribution is 0.101. The molecule has 0 N–H and O–H groups in total. The van der Waals surface area contributed by atoms with E-state index in [9.17, 15) is 13.6 Å². The van der Waals surface area contributed by atoms with E-state index in [0.29, 0.717) is 11.1 Å². The molecule has 0 atom stereocenters. The molecule has 0 aliphatic heterocycles. The summed E-state index contributed by atoms with van der Waals surface area (Å²) in [4.78, 5) is 12.4. The zero-order valence-electron chi connectivity index (χ0n) is 11.5. The van der Waals surface area contributed by atoms with Crippen molar-refractivity contribution in [3.8, 4) is 0 Å². The standard InChI is InChI=1S/C17H12F2O2/c1-9-7-14(19)12(8-13(9)18)16(20)17-10(2)11-5-3-4-6-15(11)21-17/h3-8H,1-2H3. The second-order valence-electron chi connectivity index (χ2n) is 4.96. The van der Waals surface area contributed by atoms with Gasteiger partial charge in [0.2, 0.25) is 5.78 Å². The first-order valence-corrected chi connectivity index (χ1v) is 6.47. The summed E-state index contributed by atoms with van der Waals surface area (Å²) in [5, 5.41) is 0.786. The molecule has 0 radical (unpaired) electrons. The molecular weight excluding hydrogens is 274 g/mol. The maximum atomic E-state index is 13.9. The van der Waals surface area contributed by atoms with Crippen LogP contribution in [0.2, 0.25) is 0 Å². The molecule has 4 heteroatoms. The molecule has 3 aromatic rings. The summed E-state index contributed by atoms with van der Waals surface area (Å²) in [5.41, 5.74) is 1.01. The molecule has 0 bridgehead atoms. The van der Waals surface area contributed by atoms with Crippen LogP contribution in [0.4, 0.5) is 8.78 Å². The molecule has 0 aliphatic carbocycles. The van der Waals surface area contributed by atoms with Crippen molar-refractivity contribution in [2.24, 2.45) is 0 Å². The molecule has 2 aromatic carbocycles. The fourth-order valence-electron chi connectivity index (χ4n) is 2.33. The van der Waals surface area contributed by atoms with Gasteiger partial charge in [-0.25, -0.2) is 8.78 Å². The van der Waals surface area contributed by atoms with Crippen LogP contribution in [0.25, 0.3) is 11.0 Å². The number of carbonyl (C=O) groups is 1. The molecule has 0 aliphatic rings. The topological polar surface area (TPSA) is 30.2 Å². The van der Waals surface area contributed by atoms with Crippen molar-refractivity contribution in [2.45, 2.75) is 13.8 Å². The van der Waals surface area contributed by atoms with E-state index >= 15 is 0 Å². The average molecular weight is 286 g/mol. The van der Waals surface area contributed by atoms with Gasteiger partial charge < -0.3 is 4.42 Å². The number of halogens is 2. The van der Waals surface area contributed by atoms with Crippen LogP contribution in [0.5, 0.6) is 0 Å². The maximum Gasteiger partial charge on any atom is 0.231 e. The number of benzene rings is 2. The smallest absolute Gasteiger partial charge is 0.231 e. The average Bonchev–Trinajstić information content (AvgIpc) is 2.80. The van der Waals surface area contributed by atoms with Crippen LogP contribution >= 0.6 is 0 Å². The molecule has 3 rings (SSSR count). The third-order valence-corrected chi connectivity index (χ3v) is 3.54. The van der Waals surface area contributed by atoms with Crippen LogP contribution in [0.1, 0.15) is 27.2 Å². The van der Waals surface area contributed by atoms with Gasteiger partial charge in [0.25, 0.3) is 0 Å². The molecule has 0 saturated heterocycles. The molecule has 0 amide bonds. The van der Waals surface area contributed by atoms with Crippen LogP contribution in [0.15, 0.2) is 40.8 Å². The SMILES string of the molecule is Cc1cc(F)c(C(=O)c2oc3ccccc3c2C)cc1F. The Bertz CT molecular complexity index is 863. The monoisotopic (exact) mass is 286 g/mol. The van der Waals surface area contributed by atoms with Gasteiger partial charge in [-0.2, -0.15) is 0 Å². The van der Waals surface area contributed by atoms with Gasteiger partial charge in [-0.15, -0.1) is 0 Å². The van der Waals surface area contributed by atoms with Crippen LogP contribution in [-0.4, -0.2) is 5.78 Å². The second-order valence-corrected chi connectivity index (χ2v) is 4.96. The fourth-order valence-corrected chi connectivity index (χ4v) is 2.33. The van der Waals surface area contributed by atoms with Crippen LogP contribution in [0.3, 0.4) is 0 Å². The number of para-hydroxylation sites is 1. The summed E-state index contributed by atoms with van der Waals surface area (Å²) in [7, 11) is 0. The van der Waals surface area contributed by atoms with Crippen molar-refractivity contribution in [3.05, 3.63) is 70.5 Å². The molecule has 1 heterocycles. The van der Waals surface area contributed by atoms with E-state index in [4.69, 9.17) is 4.42 Å². The van der Waals surface area contributed by atoms with Crippen molar-refractivity contribution in [1.82, 2.24) is 0 Å². The van der Waals surface area contributed by atoms with Crippen LogP contribution in [0, 0.1) is 25.5 Å². The Balaban J connectivity index is 2.17. The van der Waals surface area contributed by atoms with Gasteiger partial charge in [0.15, 0.2) is 5.76 Å². The Morgan fingerprint density at radius 1 is 1.05 bits per heavy atom. The minimum Gasteiger partial charge on any atom is -0.452 e. The van der Waals surface area contributed by atoms with Gasteiger partial charge in [0.1, 0.15) is 17.2 Å². The second kappa shape index (κ2) is 4.81. The number of ketones is 1. The van der Waals surface area contributed by atoms with Crippen LogP contribution < -0.4 is 0 Å². The van der Waals surface area contributed by atoms with Crippen molar-refractivity contribution in [2.75, 3.05) is 0 Å². The number of fused-ring (bicyclic) bond motifs is 1. The van der Waals surface area contributed by atoms with E-state index in [1.807, 2.05) is 12.1 Å². The largest absolute Gasteiger partial charge is 0.452 e. The highest BCUT2D eigenvalue weighted by Gasteiger charge is 2.22. The van der Waals surface area contributed by atoms with E-state index < -0.39 is 17.4 Å². The summed E-state index contributed by atoms with van der Waals surface area (Å²) < 4.78 is 33.0. The Kier molecular flexibility index (Phi) is 3.09. The zero-order valence-corrected chi connectivity index (χ0v) is 11.5. The zero-order chi connectivity index (χ0) is 15.1. The normalized spacial score (nSPS) is 11.0. The summed E-state index contributed by atoms with van der Waals surface area (Å²) in [6.07, 6.45) is 0.